The maximum Gasteiger partial charge on any atom is 0.196 e. The topological polar surface area (TPSA) is 49.8 Å². The molecular formula is C10H8N2O. The van der Waals surface area contributed by atoms with Crippen LogP contribution in [0.2, 0.25) is 0 Å². The number of oxazole rings is 1. The number of aromatic nitrogens is 1. The number of nitriles is 1. The summed E-state index contributed by atoms with van der Waals surface area (Å²) in [4.78, 5) is 4.23. The highest BCUT2D eigenvalue weighted by Crippen LogP contribution is 2.15. The van der Waals surface area contributed by atoms with Crippen LogP contribution in [0.4, 0.5) is 0 Å². The molecule has 64 valence electrons. The van der Waals surface area contributed by atoms with Gasteiger partial charge in [0.05, 0.1) is 6.07 Å². The Morgan fingerprint density at radius 1 is 1.38 bits per heavy atom. The van der Waals surface area contributed by atoms with Crippen LogP contribution in [0, 0.1) is 11.3 Å². The van der Waals surface area contributed by atoms with Crippen molar-refractivity contribution in [2.75, 3.05) is 0 Å². The Hall–Kier alpha value is -1.82. The molecule has 0 atom stereocenters. The Kier molecular flexibility index (Phi) is 1.97. The largest absolute Gasteiger partial charge is 0.441 e. The van der Waals surface area contributed by atoms with Crippen molar-refractivity contribution in [1.82, 2.24) is 4.98 Å². The van der Waals surface area contributed by atoms with Gasteiger partial charge in [-0.15, -0.1) is 0 Å². The molecule has 0 saturated heterocycles. The molecule has 0 aliphatic rings. The normalized spacial score (nSPS) is 10.1. The molecule has 1 aromatic heterocycles. The number of nitrogens with zero attached hydrogens (tertiary/aromatic N) is 2. The van der Waals surface area contributed by atoms with E-state index in [1.807, 2.05) is 24.3 Å². The Bertz CT molecular complexity index is 420. The van der Waals surface area contributed by atoms with E-state index in [2.05, 4.69) is 11.1 Å². The highest BCUT2D eigenvalue weighted by Gasteiger charge is 2.03. The second kappa shape index (κ2) is 3.28. The lowest BCUT2D eigenvalue weighted by atomic mass is 10.3. The standard InChI is InChI=1S/C10H8N2O/c11-7-3-6-10-12-8-4-1-2-5-9(8)13-10/h1-2,4-5H,3,6H2. The summed E-state index contributed by atoms with van der Waals surface area (Å²) in [6, 6.07) is 9.65. The third-order valence-electron chi connectivity index (χ3n) is 1.79. The van der Waals surface area contributed by atoms with Crippen molar-refractivity contribution in [2.24, 2.45) is 0 Å². The molecule has 1 aromatic carbocycles. The lowest BCUT2D eigenvalue weighted by Gasteiger charge is -1.83. The fourth-order valence-electron chi connectivity index (χ4n) is 1.19. The summed E-state index contributed by atoms with van der Waals surface area (Å²) >= 11 is 0. The Morgan fingerprint density at radius 3 is 3.00 bits per heavy atom. The van der Waals surface area contributed by atoms with Gasteiger partial charge in [-0.05, 0) is 12.1 Å². The van der Waals surface area contributed by atoms with Gasteiger partial charge in [0.15, 0.2) is 11.5 Å². The summed E-state index contributed by atoms with van der Waals surface area (Å²) in [5.74, 6) is 0.641. The van der Waals surface area contributed by atoms with Crippen molar-refractivity contribution in [2.45, 2.75) is 12.8 Å². The van der Waals surface area contributed by atoms with E-state index < -0.39 is 0 Å². The van der Waals surface area contributed by atoms with Crippen molar-refractivity contribution in [3.8, 4) is 6.07 Å². The number of rotatable bonds is 2. The molecule has 1 heterocycles. The summed E-state index contributed by atoms with van der Waals surface area (Å²) < 4.78 is 5.41. The van der Waals surface area contributed by atoms with Crippen LogP contribution in [-0.2, 0) is 6.42 Å². The van der Waals surface area contributed by atoms with Gasteiger partial charge in [0.2, 0.25) is 0 Å². The van der Waals surface area contributed by atoms with Crippen LogP contribution in [0.15, 0.2) is 28.7 Å². The molecule has 0 amide bonds. The lowest BCUT2D eigenvalue weighted by Crippen LogP contribution is -1.81. The predicted octanol–water partition coefficient (Wildman–Crippen LogP) is 2.28. The number of fused-ring (bicyclic) bond motifs is 1. The molecule has 2 aromatic rings. The van der Waals surface area contributed by atoms with Crippen LogP contribution < -0.4 is 0 Å². The first kappa shape index (κ1) is 7.81. The van der Waals surface area contributed by atoms with Gasteiger partial charge in [-0.3, -0.25) is 0 Å². The molecule has 0 aliphatic heterocycles. The zero-order valence-electron chi connectivity index (χ0n) is 7.03. The number of hydrogen-bond donors (Lipinski definition) is 0. The molecule has 0 spiro atoms. The van der Waals surface area contributed by atoms with Crippen molar-refractivity contribution in [1.29, 1.82) is 5.26 Å². The summed E-state index contributed by atoms with van der Waals surface area (Å²) in [5, 5.41) is 8.38. The first-order valence-corrected chi connectivity index (χ1v) is 4.11. The number of benzene rings is 1. The third kappa shape index (κ3) is 1.52. The molecule has 13 heavy (non-hydrogen) atoms. The predicted molar refractivity (Wildman–Crippen MR) is 47.9 cm³/mol. The minimum atomic E-state index is 0.451. The first-order chi connectivity index (χ1) is 6.40. The smallest absolute Gasteiger partial charge is 0.196 e. The van der Waals surface area contributed by atoms with Crippen LogP contribution in [-0.4, -0.2) is 4.98 Å². The second-order valence-electron chi connectivity index (χ2n) is 2.73. The van der Waals surface area contributed by atoms with E-state index in [1.165, 1.54) is 0 Å². The SMILES string of the molecule is N#CCCc1nc2ccccc2o1. The summed E-state index contributed by atoms with van der Waals surface area (Å²) in [7, 11) is 0. The molecule has 0 N–H and O–H groups in total. The molecule has 0 unspecified atom stereocenters. The molecule has 3 nitrogen and oxygen atoms in total. The summed E-state index contributed by atoms with van der Waals surface area (Å²) in [5.41, 5.74) is 1.64. The molecule has 0 aliphatic carbocycles. The Labute approximate surface area is 75.6 Å². The van der Waals surface area contributed by atoms with Crippen LogP contribution in [0.1, 0.15) is 12.3 Å². The van der Waals surface area contributed by atoms with Gasteiger partial charge < -0.3 is 4.42 Å². The van der Waals surface area contributed by atoms with E-state index in [-0.39, 0.29) is 0 Å². The number of hydrogen-bond acceptors (Lipinski definition) is 3. The minimum Gasteiger partial charge on any atom is -0.441 e. The van der Waals surface area contributed by atoms with Gasteiger partial charge in [-0.1, -0.05) is 12.1 Å². The Balaban J connectivity index is 2.34. The van der Waals surface area contributed by atoms with Crippen molar-refractivity contribution >= 4 is 11.1 Å². The van der Waals surface area contributed by atoms with Crippen LogP contribution in [0.5, 0.6) is 0 Å². The zero-order valence-corrected chi connectivity index (χ0v) is 7.03. The van der Waals surface area contributed by atoms with Gasteiger partial charge >= 0.3 is 0 Å². The Morgan fingerprint density at radius 2 is 2.23 bits per heavy atom. The summed E-state index contributed by atoms with van der Waals surface area (Å²) in [6.07, 6.45) is 1.04. The molecule has 0 fully saturated rings. The van der Waals surface area contributed by atoms with Crippen LogP contribution in [0.25, 0.3) is 11.1 Å². The van der Waals surface area contributed by atoms with E-state index in [1.54, 1.807) is 0 Å². The third-order valence-corrected chi connectivity index (χ3v) is 1.79. The summed E-state index contributed by atoms with van der Waals surface area (Å²) in [6.45, 7) is 0. The number of para-hydroxylation sites is 2. The van der Waals surface area contributed by atoms with Gasteiger partial charge in [-0.25, -0.2) is 4.98 Å². The molecule has 0 bridgehead atoms. The highest BCUT2D eigenvalue weighted by atomic mass is 16.3. The molecule has 3 heteroatoms. The van der Waals surface area contributed by atoms with Crippen molar-refractivity contribution < 1.29 is 4.42 Å². The van der Waals surface area contributed by atoms with E-state index in [0.29, 0.717) is 18.7 Å². The average molecular weight is 172 g/mol. The van der Waals surface area contributed by atoms with E-state index in [4.69, 9.17) is 9.68 Å². The molecule has 0 saturated carbocycles. The first-order valence-electron chi connectivity index (χ1n) is 4.11. The fourth-order valence-corrected chi connectivity index (χ4v) is 1.19. The van der Waals surface area contributed by atoms with Gasteiger partial charge in [0.1, 0.15) is 5.52 Å². The van der Waals surface area contributed by atoms with Gasteiger partial charge in [0, 0.05) is 12.8 Å². The van der Waals surface area contributed by atoms with Crippen LogP contribution in [0.3, 0.4) is 0 Å². The fraction of sp³-hybridized carbons (Fsp3) is 0.200. The monoisotopic (exact) mass is 172 g/mol. The van der Waals surface area contributed by atoms with Gasteiger partial charge in [-0.2, -0.15) is 5.26 Å². The van der Waals surface area contributed by atoms with Gasteiger partial charge in [0.25, 0.3) is 0 Å². The minimum absolute atomic E-state index is 0.451. The maximum atomic E-state index is 8.38. The highest BCUT2D eigenvalue weighted by molar-refractivity contribution is 5.72. The molecule has 0 radical (unpaired) electrons. The second-order valence-corrected chi connectivity index (χ2v) is 2.73. The maximum absolute atomic E-state index is 8.38. The van der Waals surface area contributed by atoms with Crippen LogP contribution >= 0.6 is 0 Å². The lowest BCUT2D eigenvalue weighted by molar-refractivity contribution is 0.531. The van der Waals surface area contributed by atoms with E-state index in [0.717, 1.165) is 11.1 Å². The molecule has 2 rings (SSSR count). The zero-order chi connectivity index (χ0) is 9.10. The average Bonchev–Trinajstić information content (AvgIpc) is 2.57. The van der Waals surface area contributed by atoms with E-state index >= 15 is 0 Å². The quantitative estimate of drug-likeness (QED) is 0.698. The molecular weight excluding hydrogens is 164 g/mol. The van der Waals surface area contributed by atoms with Crippen molar-refractivity contribution in [3.05, 3.63) is 30.2 Å². The number of aryl methyl sites for hydroxylation is 1. The van der Waals surface area contributed by atoms with E-state index in [9.17, 15) is 0 Å². The van der Waals surface area contributed by atoms with Crippen molar-refractivity contribution in [3.63, 3.8) is 0 Å².